The third-order valence-corrected chi connectivity index (χ3v) is 13.8. The van der Waals surface area contributed by atoms with Gasteiger partial charge in [-0.15, -0.1) is 0 Å². The SMILES string of the molecule is Fc1cccc(F)c1-c1ccc(-n2c3ccc(-n4c5ccccc5c5ccccc54)cc3c3cc(-n4c5ccccc5c5ccccc54)ccc32)c(-c2nc(-c3ccccc3)nc(-c3ccccc3)n2)c1. The minimum Gasteiger partial charge on any atom is -0.309 e. The lowest BCUT2D eigenvalue weighted by Gasteiger charge is -2.17. The van der Waals surface area contributed by atoms with Crippen molar-refractivity contribution in [1.29, 1.82) is 0 Å². The van der Waals surface area contributed by atoms with Crippen LogP contribution in [0.2, 0.25) is 0 Å². The predicted octanol–water partition coefficient (Wildman–Crippen LogP) is 16.1. The summed E-state index contributed by atoms with van der Waals surface area (Å²) in [6.45, 7) is 0. The molecular formula is C63H38F2N6. The molecule has 14 aromatic rings. The van der Waals surface area contributed by atoms with E-state index >= 15 is 8.78 Å². The molecule has 0 fully saturated rings. The van der Waals surface area contributed by atoms with Gasteiger partial charge in [0, 0.05) is 60.4 Å². The quantitative estimate of drug-likeness (QED) is 0.160. The monoisotopic (exact) mass is 916 g/mol. The van der Waals surface area contributed by atoms with E-state index in [1.165, 1.54) is 39.7 Å². The van der Waals surface area contributed by atoms with Crippen molar-refractivity contribution in [2.75, 3.05) is 0 Å². The van der Waals surface area contributed by atoms with E-state index in [2.05, 4.69) is 147 Å². The summed E-state index contributed by atoms with van der Waals surface area (Å²) < 4.78 is 38.6. The second-order valence-corrected chi connectivity index (χ2v) is 17.8. The van der Waals surface area contributed by atoms with Crippen LogP contribution in [0.1, 0.15) is 0 Å². The molecule has 0 aliphatic heterocycles. The van der Waals surface area contributed by atoms with Gasteiger partial charge in [-0.25, -0.2) is 23.7 Å². The van der Waals surface area contributed by atoms with Gasteiger partial charge >= 0.3 is 0 Å². The first kappa shape index (κ1) is 40.5. The van der Waals surface area contributed by atoms with E-state index in [0.717, 1.165) is 72.1 Å². The minimum absolute atomic E-state index is 0.130. The van der Waals surface area contributed by atoms with E-state index in [9.17, 15) is 0 Å². The summed E-state index contributed by atoms with van der Waals surface area (Å²) >= 11 is 0. The molecule has 0 spiro atoms. The van der Waals surface area contributed by atoms with Crippen molar-refractivity contribution in [2.45, 2.75) is 0 Å². The molecule has 6 nitrogen and oxygen atoms in total. The van der Waals surface area contributed by atoms with Gasteiger partial charge in [0.05, 0.1) is 44.4 Å². The molecule has 10 aromatic carbocycles. The van der Waals surface area contributed by atoms with Gasteiger partial charge in [0.1, 0.15) is 11.6 Å². The highest BCUT2D eigenvalue weighted by Crippen LogP contribution is 2.42. The molecule has 0 aliphatic rings. The Morgan fingerprint density at radius 2 is 0.676 bits per heavy atom. The first-order chi connectivity index (χ1) is 35.1. The fraction of sp³-hybridized carbons (Fsp3) is 0. The Morgan fingerprint density at radius 1 is 0.282 bits per heavy atom. The lowest BCUT2D eigenvalue weighted by molar-refractivity contribution is 0.589. The molecule has 4 heterocycles. The summed E-state index contributed by atoms with van der Waals surface area (Å²) in [7, 11) is 0. The molecule has 0 N–H and O–H groups in total. The maximum atomic E-state index is 15.8. The number of para-hydroxylation sites is 4. The van der Waals surface area contributed by atoms with E-state index < -0.39 is 11.6 Å². The molecule has 4 aromatic heterocycles. The van der Waals surface area contributed by atoms with Crippen molar-refractivity contribution in [2.24, 2.45) is 0 Å². The molecule has 0 bridgehead atoms. The van der Waals surface area contributed by atoms with Crippen LogP contribution in [0, 0.1) is 11.6 Å². The van der Waals surface area contributed by atoms with E-state index in [0.29, 0.717) is 28.6 Å². The molecule has 334 valence electrons. The number of aromatic nitrogens is 6. The van der Waals surface area contributed by atoms with Crippen molar-refractivity contribution in [3.63, 3.8) is 0 Å². The van der Waals surface area contributed by atoms with Gasteiger partial charge in [0.15, 0.2) is 17.5 Å². The number of nitrogens with zero attached hydrogens (tertiary/aromatic N) is 6. The van der Waals surface area contributed by atoms with Gasteiger partial charge in [0.2, 0.25) is 0 Å². The highest BCUT2D eigenvalue weighted by Gasteiger charge is 2.24. The fourth-order valence-electron chi connectivity index (χ4n) is 10.7. The molecule has 0 aliphatic carbocycles. The van der Waals surface area contributed by atoms with Crippen LogP contribution in [0.4, 0.5) is 8.78 Å². The molecule has 0 saturated carbocycles. The number of hydrogen-bond acceptors (Lipinski definition) is 3. The second kappa shape index (κ2) is 16.0. The Labute approximate surface area is 405 Å². The summed E-state index contributed by atoms with van der Waals surface area (Å²) in [5.41, 5.74) is 11.4. The second-order valence-electron chi connectivity index (χ2n) is 17.8. The molecule has 0 saturated heterocycles. The fourth-order valence-corrected chi connectivity index (χ4v) is 10.7. The van der Waals surface area contributed by atoms with Gasteiger partial charge in [-0.2, -0.15) is 0 Å². The zero-order valence-electron chi connectivity index (χ0n) is 37.9. The third kappa shape index (κ3) is 6.42. The topological polar surface area (TPSA) is 53.5 Å². The smallest absolute Gasteiger partial charge is 0.166 e. The van der Waals surface area contributed by atoms with Gasteiger partial charge in [0.25, 0.3) is 0 Å². The largest absolute Gasteiger partial charge is 0.309 e. The van der Waals surface area contributed by atoms with Crippen LogP contribution in [0.25, 0.3) is 128 Å². The van der Waals surface area contributed by atoms with Crippen LogP contribution in [-0.4, -0.2) is 28.7 Å². The Morgan fingerprint density at radius 3 is 1.13 bits per heavy atom. The maximum Gasteiger partial charge on any atom is 0.166 e. The van der Waals surface area contributed by atoms with Crippen LogP contribution < -0.4 is 0 Å². The molecule has 0 atom stereocenters. The molecule has 0 unspecified atom stereocenters. The summed E-state index contributed by atoms with van der Waals surface area (Å²) in [5, 5.41) is 6.75. The average Bonchev–Trinajstić information content (AvgIpc) is 4.07. The van der Waals surface area contributed by atoms with Crippen LogP contribution in [-0.2, 0) is 0 Å². The van der Waals surface area contributed by atoms with Crippen LogP contribution in [0.15, 0.2) is 231 Å². The molecule has 71 heavy (non-hydrogen) atoms. The maximum absolute atomic E-state index is 15.8. The van der Waals surface area contributed by atoms with Crippen molar-refractivity contribution in [1.82, 2.24) is 28.7 Å². The number of hydrogen-bond donors (Lipinski definition) is 0. The van der Waals surface area contributed by atoms with Gasteiger partial charge in [-0.1, -0.05) is 146 Å². The Balaban J connectivity index is 1.09. The minimum atomic E-state index is -0.665. The van der Waals surface area contributed by atoms with E-state index in [4.69, 9.17) is 15.0 Å². The van der Waals surface area contributed by atoms with E-state index in [1.807, 2.05) is 72.8 Å². The van der Waals surface area contributed by atoms with Crippen molar-refractivity contribution >= 4 is 65.4 Å². The normalized spacial score (nSPS) is 11.8. The summed E-state index contributed by atoms with van der Waals surface area (Å²) in [6, 6.07) is 76.5. The Hall–Kier alpha value is -9.53. The van der Waals surface area contributed by atoms with E-state index in [-0.39, 0.29) is 5.56 Å². The van der Waals surface area contributed by atoms with Crippen LogP contribution in [0.5, 0.6) is 0 Å². The van der Waals surface area contributed by atoms with Crippen molar-refractivity contribution < 1.29 is 8.78 Å². The number of rotatable bonds is 7. The van der Waals surface area contributed by atoms with Crippen LogP contribution >= 0.6 is 0 Å². The highest BCUT2D eigenvalue weighted by molar-refractivity contribution is 6.14. The summed E-state index contributed by atoms with van der Waals surface area (Å²) in [4.78, 5) is 15.4. The molecule has 14 rings (SSSR count). The first-order valence-electron chi connectivity index (χ1n) is 23.6. The molecule has 0 amide bonds. The Bertz CT molecular complexity index is 4080. The highest BCUT2D eigenvalue weighted by atomic mass is 19.1. The van der Waals surface area contributed by atoms with Crippen molar-refractivity contribution in [3.05, 3.63) is 242 Å². The van der Waals surface area contributed by atoms with Crippen LogP contribution in [0.3, 0.4) is 0 Å². The lowest BCUT2D eigenvalue weighted by atomic mass is 9.99. The molecular weight excluding hydrogens is 879 g/mol. The predicted molar refractivity (Wildman–Crippen MR) is 285 cm³/mol. The number of benzene rings is 10. The van der Waals surface area contributed by atoms with Gasteiger partial charge in [-0.05, 0) is 90.5 Å². The first-order valence-corrected chi connectivity index (χ1v) is 23.6. The zero-order chi connectivity index (χ0) is 47.2. The lowest BCUT2D eigenvalue weighted by Crippen LogP contribution is -2.04. The standard InChI is InChI=1S/C63H38F2N6/c64-51-24-15-25-52(65)60(51)41-30-33-59(50(36-41)63-67-61(39-16-3-1-4-17-39)66-62(68-63)40-18-5-2-6-19-40)71-57-34-31-42(69-53-26-11-7-20-44(53)45-21-8-12-27-54(45)69)37-48(57)49-38-43(32-35-58(49)71)70-55-28-13-9-22-46(55)47-23-10-14-29-56(47)70/h1-38H. The van der Waals surface area contributed by atoms with Gasteiger partial charge < -0.3 is 13.7 Å². The molecule has 8 heteroatoms. The summed E-state index contributed by atoms with van der Waals surface area (Å²) in [5.74, 6) is -0.0405. The number of halogens is 2. The average molecular weight is 917 g/mol. The zero-order valence-corrected chi connectivity index (χ0v) is 37.9. The van der Waals surface area contributed by atoms with E-state index in [1.54, 1.807) is 6.07 Å². The molecule has 0 radical (unpaired) electrons. The third-order valence-electron chi connectivity index (χ3n) is 13.8. The summed E-state index contributed by atoms with van der Waals surface area (Å²) in [6.07, 6.45) is 0. The Kier molecular flexibility index (Phi) is 9.16. The van der Waals surface area contributed by atoms with Crippen molar-refractivity contribution in [3.8, 4) is 62.4 Å². The van der Waals surface area contributed by atoms with Gasteiger partial charge in [-0.3, -0.25) is 0 Å². The number of fused-ring (bicyclic) bond motifs is 9.